The Morgan fingerprint density at radius 1 is 0.870 bits per heavy atom. The Kier molecular flexibility index (Phi) is 4.29. The SMILES string of the molecule is CCC(CC)=C1/C(=C/C=O)C1(c1ccccc1)c1ccccc1. The molecular formula is C22H22O. The lowest BCUT2D eigenvalue weighted by Gasteiger charge is -2.17. The first-order valence-corrected chi connectivity index (χ1v) is 8.30. The number of aldehydes is 1. The Labute approximate surface area is 138 Å². The summed E-state index contributed by atoms with van der Waals surface area (Å²) in [5, 5.41) is 0. The van der Waals surface area contributed by atoms with Gasteiger partial charge >= 0.3 is 0 Å². The van der Waals surface area contributed by atoms with Crippen LogP contribution >= 0.6 is 0 Å². The van der Waals surface area contributed by atoms with Crippen molar-refractivity contribution in [2.75, 3.05) is 0 Å². The van der Waals surface area contributed by atoms with Gasteiger partial charge in [0.2, 0.25) is 0 Å². The van der Waals surface area contributed by atoms with Crippen molar-refractivity contribution in [1.29, 1.82) is 0 Å². The number of hydrogen-bond acceptors (Lipinski definition) is 1. The molecule has 0 heterocycles. The molecule has 1 nitrogen and oxygen atoms in total. The first-order chi connectivity index (χ1) is 11.3. The Morgan fingerprint density at radius 3 is 1.74 bits per heavy atom. The van der Waals surface area contributed by atoms with Crippen LogP contribution in [0.25, 0.3) is 0 Å². The van der Waals surface area contributed by atoms with Crippen molar-refractivity contribution in [2.24, 2.45) is 0 Å². The molecule has 1 aliphatic rings. The zero-order chi connectivity index (χ0) is 16.3. The molecule has 0 atom stereocenters. The molecule has 0 spiro atoms. The van der Waals surface area contributed by atoms with Crippen molar-refractivity contribution < 1.29 is 4.79 Å². The van der Waals surface area contributed by atoms with Crippen molar-refractivity contribution in [3.8, 4) is 0 Å². The number of allylic oxidation sites excluding steroid dienone is 4. The van der Waals surface area contributed by atoms with E-state index in [9.17, 15) is 4.79 Å². The molecule has 0 unspecified atom stereocenters. The fourth-order valence-electron chi connectivity index (χ4n) is 3.78. The van der Waals surface area contributed by atoms with Crippen LogP contribution in [0.3, 0.4) is 0 Å². The van der Waals surface area contributed by atoms with Crippen molar-refractivity contribution in [1.82, 2.24) is 0 Å². The van der Waals surface area contributed by atoms with Crippen LogP contribution in [0, 0.1) is 0 Å². The number of benzene rings is 2. The number of carbonyl (C=O) groups excluding carboxylic acids is 1. The molecule has 0 amide bonds. The predicted octanol–water partition coefficient (Wildman–Crippen LogP) is 5.23. The molecule has 116 valence electrons. The monoisotopic (exact) mass is 302 g/mol. The quantitative estimate of drug-likeness (QED) is 0.546. The largest absolute Gasteiger partial charge is 0.299 e. The van der Waals surface area contributed by atoms with E-state index in [1.807, 2.05) is 12.1 Å². The zero-order valence-electron chi connectivity index (χ0n) is 13.8. The highest BCUT2D eigenvalue weighted by Gasteiger charge is 2.57. The van der Waals surface area contributed by atoms with E-state index in [2.05, 4.69) is 62.4 Å². The van der Waals surface area contributed by atoms with Crippen LogP contribution in [0.5, 0.6) is 0 Å². The number of carbonyl (C=O) groups is 1. The fraction of sp³-hybridized carbons (Fsp3) is 0.227. The molecule has 0 aromatic heterocycles. The number of rotatable bonds is 5. The van der Waals surface area contributed by atoms with Crippen LogP contribution in [0.2, 0.25) is 0 Å². The minimum Gasteiger partial charge on any atom is -0.299 e. The predicted molar refractivity (Wildman–Crippen MR) is 95.4 cm³/mol. The third-order valence-electron chi connectivity index (χ3n) is 4.84. The number of hydrogen-bond donors (Lipinski definition) is 0. The maximum Gasteiger partial charge on any atom is 0.143 e. The van der Waals surface area contributed by atoms with E-state index in [4.69, 9.17) is 0 Å². The Bertz CT molecular complexity index is 706. The standard InChI is InChI=1S/C22H22O/c1-3-17(4-2)21-20(15-16-23)22(21,18-11-7-5-8-12-18)19-13-9-6-10-14-19/h5-16H,3-4H2,1-2H3/b20-15-. The maximum atomic E-state index is 11.3. The van der Waals surface area contributed by atoms with Gasteiger partial charge in [0.25, 0.3) is 0 Å². The molecule has 2 aromatic carbocycles. The summed E-state index contributed by atoms with van der Waals surface area (Å²) in [6.45, 7) is 4.40. The van der Waals surface area contributed by atoms with Crippen LogP contribution in [0.1, 0.15) is 37.8 Å². The topological polar surface area (TPSA) is 17.1 Å². The maximum absolute atomic E-state index is 11.3. The van der Waals surface area contributed by atoms with E-state index >= 15 is 0 Å². The summed E-state index contributed by atoms with van der Waals surface area (Å²) in [4.78, 5) is 11.3. The Hall–Kier alpha value is -2.41. The minimum absolute atomic E-state index is 0.245. The molecule has 1 aliphatic carbocycles. The van der Waals surface area contributed by atoms with Crippen molar-refractivity contribution in [2.45, 2.75) is 32.1 Å². The summed E-state index contributed by atoms with van der Waals surface area (Å²) in [7, 11) is 0. The average molecular weight is 302 g/mol. The van der Waals surface area contributed by atoms with E-state index in [1.165, 1.54) is 22.3 Å². The molecule has 0 radical (unpaired) electrons. The zero-order valence-corrected chi connectivity index (χ0v) is 13.8. The van der Waals surface area contributed by atoms with Gasteiger partial charge in [0, 0.05) is 0 Å². The molecule has 0 bridgehead atoms. The molecule has 0 aliphatic heterocycles. The van der Waals surface area contributed by atoms with Crippen LogP contribution in [0.4, 0.5) is 0 Å². The first kappa shape index (κ1) is 15.5. The van der Waals surface area contributed by atoms with Gasteiger partial charge in [0.1, 0.15) is 6.29 Å². The van der Waals surface area contributed by atoms with Crippen LogP contribution in [-0.2, 0) is 10.2 Å². The summed E-state index contributed by atoms with van der Waals surface area (Å²) in [6, 6.07) is 21.1. The van der Waals surface area contributed by atoms with Crippen molar-refractivity contribution in [3.05, 3.63) is 94.6 Å². The van der Waals surface area contributed by atoms with Gasteiger partial charge in [-0.2, -0.15) is 0 Å². The Balaban J connectivity index is 2.32. The van der Waals surface area contributed by atoms with E-state index in [-0.39, 0.29) is 5.41 Å². The molecule has 0 N–H and O–H groups in total. The second kappa shape index (κ2) is 6.37. The van der Waals surface area contributed by atoms with E-state index in [0.717, 1.165) is 24.7 Å². The third kappa shape index (κ3) is 2.37. The van der Waals surface area contributed by atoms with Gasteiger partial charge in [-0.05, 0) is 41.2 Å². The van der Waals surface area contributed by atoms with Gasteiger partial charge in [0.05, 0.1) is 5.41 Å². The average Bonchev–Trinajstić information content (AvgIpc) is 3.27. The molecule has 2 aromatic rings. The van der Waals surface area contributed by atoms with Crippen LogP contribution in [0.15, 0.2) is 83.5 Å². The second-order valence-corrected chi connectivity index (χ2v) is 5.88. The van der Waals surface area contributed by atoms with Gasteiger partial charge in [-0.15, -0.1) is 0 Å². The third-order valence-corrected chi connectivity index (χ3v) is 4.84. The van der Waals surface area contributed by atoms with E-state index < -0.39 is 0 Å². The van der Waals surface area contributed by atoms with Gasteiger partial charge in [-0.25, -0.2) is 0 Å². The second-order valence-electron chi connectivity index (χ2n) is 5.88. The Morgan fingerprint density at radius 2 is 1.35 bits per heavy atom. The lowest BCUT2D eigenvalue weighted by atomic mass is 9.85. The van der Waals surface area contributed by atoms with Crippen molar-refractivity contribution in [3.63, 3.8) is 0 Å². The summed E-state index contributed by atoms with van der Waals surface area (Å²) < 4.78 is 0. The smallest absolute Gasteiger partial charge is 0.143 e. The highest BCUT2D eigenvalue weighted by atomic mass is 16.1. The molecule has 0 saturated heterocycles. The molecule has 23 heavy (non-hydrogen) atoms. The van der Waals surface area contributed by atoms with Gasteiger partial charge in [-0.3, -0.25) is 4.79 Å². The molecule has 1 fully saturated rings. The van der Waals surface area contributed by atoms with Gasteiger partial charge in [0.15, 0.2) is 0 Å². The lowest BCUT2D eigenvalue weighted by Crippen LogP contribution is -2.10. The van der Waals surface area contributed by atoms with E-state index in [1.54, 1.807) is 6.08 Å². The van der Waals surface area contributed by atoms with E-state index in [0.29, 0.717) is 0 Å². The highest BCUT2D eigenvalue weighted by Crippen LogP contribution is 2.64. The first-order valence-electron chi connectivity index (χ1n) is 8.30. The van der Waals surface area contributed by atoms with Crippen LogP contribution in [-0.4, -0.2) is 6.29 Å². The molecule has 1 saturated carbocycles. The molecular weight excluding hydrogens is 280 g/mol. The lowest BCUT2D eigenvalue weighted by molar-refractivity contribution is -0.104. The summed E-state index contributed by atoms with van der Waals surface area (Å²) >= 11 is 0. The van der Waals surface area contributed by atoms with Crippen LogP contribution < -0.4 is 0 Å². The van der Waals surface area contributed by atoms with Gasteiger partial charge in [-0.1, -0.05) is 80.1 Å². The normalized spacial score (nSPS) is 17.1. The minimum atomic E-state index is -0.245. The fourth-order valence-corrected chi connectivity index (χ4v) is 3.78. The summed E-state index contributed by atoms with van der Waals surface area (Å²) in [6.07, 6.45) is 4.71. The highest BCUT2D eigenvalue weighted by molar-refractivity contribution is 5.86. The molecule has 3 rings (SSSR count). The summed E-state index contributed by atoms with van der Waals surface area (Å²) in [5.74, 6) is 0. The van der Waals surface area contributed by atoms with Gasteiger partial charge < -0.3 is 0 Å². The molecule has 1 heteroatoms. The van der Waals surface area contributed by atoms with Crippen molar-refractivity contribution >= 4 is 6.29 Å². The summed E-state index contributed by atoms with van der Waals surface area (Å²) in [5.41, 5.74) is 6.17.